The number of hydrazone groups is 1. The molecule has 0 fully saturated rings. The Morgan fingerprint density at radius 1 is 1.00 bits per heavy atom. The smallest absolute Gasteiger partial charge is 0.213 e. The maximum absolute atomic E-state index is 6.37. The zero-order chi connectivity index (χ0) is 20.7. The van der Waals surface area contributed by atoms with Crippen LogP contribution in [0.25, 0.3) is 0 Å². The predicted molar refractivity (Wildman–Crippen MR) is 117 cm³/mol. The third kappa shape index (κ3) is 3.15. The van der Waals surface area contributed by atoms with Gasteiger partial charge >= 0.3 is 0 Å². The second-order valence-electron chi connectivity index (χ2n) is 7.27. The molecule has 2 aliphatic rings. The Morgan fingerprint density at radius 2 is 1.80 bits per heavy atom. The van der Waals surface area contributed by atoms with Crippen LogP contribution >= 0.6 is 11.6 Å². The lowest BCUT2D eigenvalue weighted by molar-refractivity contribution is -0.0190. The van der Waals surface area contributed by atoms with Gasteiger partial charge in [0.2, 0.25) is 6.23 Å². The number of para-hydroxylation sites is 1. The number of methoxy groups -OCH3 is 2. The largest absolute Gasteiger partial charge is 0.497 e. The van der Waals surface area contributed by atoms with Gasteiger partial charge in [0, 0.05) is 34.2 Å². The molecule has 0 amide bonds. The van der Waals surface area contributed by atoms with E-state index in [0.29, 0.717) is 5.02 Å². The molecular formula is C24H21ClN2O3. The summed E-state index contributed by atoms with van der Waals surface area (Å²) >= 11 is 6.10. The third-order valence-corrected chi connectivity index (χ3v) is 5.83. The van der Waals surface area contributed by atoms with Crippen molar-refractivity contribution in [2.45, 2.75) is 18.7 Å². The molecule has 0 bridgehead atoms. The van der Waals surface area contributed by atoms with Crippen LogP contribution in [0.5, 0.6) is 17.2 Å². The molecule has 0 spiro atoms. The zero-order valence-electron chi connectivity index (χ0n) is 16.7. The Labute approximate surface area is 180 Å². The lowest BCUT2D eigenvalue weighted by Gasteiger charge is -2.38. The van der Waals surface area contributed by atoms with Crippen LogP contribution in [-0.4, -0.2) is 24.9 Å². The molecule has 0 aromatic heterocycles. The average Bonchev–Trinajstić information content (AvgIpc) is 3.24. The van der Waals surface area contributed by atoms with E-state index in [4.69, 9.17) is 30.9 Å². The third-order valence-electron chi connectivity index (χ3n) is 5.57. The molecular weight excluding hydrogens is 400 g/mol. The van der Waals surface area contributed by atoms with Gasteiger partial charge in [-0.1, -0.05) is 41.9 Å². The minimum Gasteiger partial charge on any atom is -0.497 e. The molecule has 3 aromatic carbocycles. The molecule has 6 heteroatoms. The second kappa shape index (κ2) is 7.58. The molecule has 0 aliphatic carbocycles. The highest BCUT2D eigenvalue weighted by Gasteiger charge is 2.41. The normalized spacial score (nSPS) is 19.4. The summed E-state index contributed by atoms with van der Waals surface area (Å²) in [5, 5.41) is 7.74. The van der Waals surface area contributed by atoms with Crippen molar-refractivity contribution in [3.63, 3.8) is 0 Å². The summed E-state index contributed by atoms with van der Waals surface area (Å²) in [6.45, 7) is 0. The van der Waals surface area contributed by atoms with E-state index >= 15 is 0 Å². The van der Waals surface area contributed by atoms with Crippen molar-refractivity contribution in [3.8, 4) is 17.2 Å². The maximum Gasteiger partial charge on any atom is 0.213 e. The molecule has 5 rings (SSSR count). The van der Waals surface area contributed by atoms with E-state index in [0.717, 1.165) is 46.1 Å². The minimum absolute atomic E-state index is 0.0810. The lowest BCUT2D eigenvalue weighted by atomic mass is 9.95. The van der Waals surface area contributed by atoms with Gasteiger partial charge in [-0.15, -0.1) is 0 Å². The fourth-order valence-electron chi connectivity index (χ4n) is 4.08. The monoisotopic (exact) mass is 420 g/mol. The van der Waals surface area contributed by atoms with Crippen LogP contribution in [-0.2, 0) is 0 Å². The Morgan fingerprint density at radius 3 is 2.57 bits per heavy atom. The number of hydrogen-bond donors (Lipinski definition) is 0. The average molecular weight is 421 g/mol. The van der Waals surface area contributed by atoms with Crippen molar-refractivity contribution >= 4 is 17.3 Å². The first-order chi connectivity index (χ1) is 14.7. The van der Waals surface area contributed by atoms with E-state index < -0.39 is 0 Å². The van der Waals surface area contributed by atoms with E-state index in [9.17, 15) is 0 Å². The number of rotatable bonds is 4. The van der Waals surface area contributed by atoms with Crippen LogP contribution in [0.4, 0.5) is 0 Å². The molecule has 30 heavy (non-hydrogen) atoms. The topological polar surface area (TPSA) is 43.3 Å². The highest BCUT2D eigenvalue weighted by Crippen LogP contribution is 2.48. The molecule has 3 aromatic rings. The highest BCUT2D eigenvalue weighted by atomic mass is 35.5. The molecule has 0 N–H and O–H groups in total. The summed E-state index contributed by atoms with van der Waals surface area (Å²) in [5.41, 5.74) is 4.05. The standard InChI is InChI=1S/C24H21ClN2O3/c1-28-17-11-12-18(23(13-17)29-2)20-14-21-19-5-3-4-6-22(19)30-24(27(21)26-20)15-7-9-16(25)10-8-15/h3-13,21,24H,14H2,1-2H3/t21-,24-/m1/s1. The van der Waals surface area contributed by atoms with Crippen LogP contribution in [0.2, 0.25) is 5.02 Å². The number of fused-ring (bicyclic) bond motifs is 3. The van der Waals surface area contributed by atoms with E-state index in [1.807, 2.05) is 65.7 Å². The van der Waals surface area contributed by atoms with Crippen LogP contribution in [0, 0.1) is 0 Å². The molecule has 0 saturated carbocycles. The number of ether oxygens (including phenoxy) is 3. The Hall–Kier alpha value is -3.18. The Kier molecular flexibility index (Phi) is 4.75. The Bertz CT molecular complexity index is 1110. The molecule has 2 aliphatic heterocycles. The quantitative estimate of drug-likeness (QED) is 0.551. The number of nitrogens with zero attached hydrogens (tertiary/aromatic N) is 2. The van der Waals surface area contributed by atoms with E-state index in [1.54, 1.807) is 14.2 Å². The molecule has 152 valence electrons. The summed E-state index contributed by atoms with van der Waals surface area (Å²) in [5.74, 6) is 2.38. The Balaban J connectivity index is 1.59. The first-order valence-corrected chi connectivity index (χ1v) is 10.1. The van der Waals surface area contributed by atoms with Crippen molar-refractivity contribution in [1.82, 2.24) is 5.01 Å². The molecule has 0 radical (unpaired) electrons. The summed E-state index contributed by atoms with van der Waals surface area (Å²) < 4.78 is 17.3. The van der Waals surface area contributed by atoms with Gasteiger partial charge in [-0.25, -0.2) is 5.01 Å². The first-order valence-electron chi connectivity index (χ1n) is 9.77. The summed E-state index contributed by atoms with van der Waals surface area (Å²) in [6, 6.07) is 21.8. The van der Waals surface area contributed by atoms with Crippen molar-refractivity contribution in [2.24, 2.45) is 5.10 Å². The lowest BCUT2D eigenvalue weighted by Crippen LogP contribution is -2.33. The van der Waals surface area contributed by atoms with Gasteiger partial charge in [-0.05, 0) is 30.3 Å². The highest BCUT2D eigenvalue weighted by molar-refractivity contribution is 6.30. The van der Waals surface area contributed by atoms with Gasteiger partial charge in [0.25, 0.3) is 0 Å². The molecule has 0 saturated heterocycles. The van der Waals surface area contributed by atoms with Crippen LogP contribution in [0.15, 0.2) is 71.8 Å². The number of hydrogen-bond acceptors (Lipinski definition) is 5. The molecule has 2 heterocycles. The van der Waals surface area contributed by atoms with Crippen molar-refractivity contribution in [2.75, 3.05) is 14.2 Å². The van der Waals surface area contributed by atoms with Gasteiger partial charge in [0.1, 0.15) is 17.2 Å². The van der Waals surface area contributed by atoms with Crippen LogP contribution in [0.1, 0.15) is 35.4 Å². The predicted octanol–water partition coefficient (Wildman–Crippen LogP) is 5.60. The van der Waals surface area contributed by atoms with Crippen molar-refractivity contribution < 1.29 is 14.2 Å². The molecule has 5 nitrogen and oxygen atoms in total. The van der Waals surface area contributed by atoms with E-state index in [-0.39, 0.29) is 12.3 Å². The van der Waals surface area contributed by atoms with Gasteiger partial charge in [0.05, 0.1) is 26.0 Å². The zero-order valence-corrected chi connectivity index (χ0v) is 17.5. The van der Waals surface area contributed by atoms with Gasteiger partial charge in [-0.2, -0.15) is 5.10 Å². The van der Waals surface area contributed by atoms with Crippen molar-refractivity contribution in [3.05, 3.63) is 88.4 Å². The first kappa shape index (κ1) is 18.8. The van der Waals surface area contributed by atoms with Crippen molar-refractivity contribution in [1.29, 1.82) is 0 Å². The summed E-state index contributed by atoms with van der Waals surface area (Å²) in [6.07, 6.45) is 0.427. The summed E-state index contributed by atoms with van der Waals surface area (Å²) in [4.78, 5) is 0. The molecule has 0 unspecified atom stereocenters. The fraction of sp³-hybridized carbons (Fsp3) is 0.208. The molecule has 2 atom stereocenters. The number of halogens is 1. The van der Waals surface area contributed by atoms with Crippen LogP contribution < -0.4 is 14.2 Å². The fourth-order valence-corrected chi connectivity index (χ4v) is 4.21. The van der Waals surface area contributed by atoms with Gasteiger partial charge < -0.3 is 14.2 Å². The van der Waals surface area contributed by atoms with Gasteiger partial charge in [0.15, 0.2) is 0 Å². The number of benzene rings is 3. The van der Waals surface area contributed by atoms with Crippen LogP contribution in [0.3, 0.4) is 0 Å². The van der Waals surface area contributed by atoms with Gasteiger partial charge in [-0.3, -0.25) is 0 Å². The maximum atomic E-state index is 6.37. The summed E-state index contributed by atoms with van der Waals surface area (Å²) in [7, 11) is 3.31. The van der Waals surface area contributed by atoms with E-state index in [2.05, 4.69) is 6.07 Å². The SMILES string of the molecule is COc1ccc(C2=NN3[C@H](C2)c2ccccc2O[C@@H]3c2ccc(Cl)cc2)c(OC)c1. The second-order valence-corrected chi connectivity index (χ2v) is 7.71. The van der Waals surface area contributed by atoms with E-state index in [1.165, 1.54) is 0 Å². The minimum atomic E-state index is -0.330.